The second-order valence-corrected chi connectivity index (χ2v) is 5.36. The van der Waals surface area contributed by atoms with E-state index in [2.05, 4.69) is 28.2 Å². The molecule has 2 rings (SSSR count). The Kier molecular flexibility index (Phi) is 4.84. The quantitative estimate of drug-likeness (QED) is 0.907. The summed E-state index contributed by atoms with van der Waals surface area (Å²) in [5.41, 5.74) is -0.255. The molecule has 1 aromatic rings. The molecule has 0 amide bonds. The van der Waals surface area contributed by atoms with Gasteiger partial charge in [-0.15, -0.1) is 0 Å². The molecule has 5 heteroatoms. The zero-order valence-corrected chi connectivity index (χ0v) is 12.5. The number of hydrogen-bond acceptors (Lipinski definition) is 4. The van der Waals surface area contributed by atoms with Crippen molar-refractivity contribution in [1.82, 2.24) is 5.32 Å². The van der Waals surface area contributed by atoms with Crippen molar-refractivity contribution in [2.45, 2.75) is 31.4 Å². The Morgan fingerprint density at radius 1 is 1.50 bits per heavy atom. The fourth-order valence-corrected chi connectivity index (χ4v) is 2.99. The van der Waals surface area contributed by atoms with Gasteiger partial charge in [-0.1, -0.05) is 6.92 Å². The van der Waals surface area contributed by atoms with Gasteiger partial charge in [0.1, 0.15) is 5.76 Å². The summed E-state index contributed by atoms with van der Waals surface area (Å²) in [7, 11) is 1.77. The molecule has 0 spiro atoms. The summed E-state index contributed by atoms with van der Waals surface area (Å²) in [6.07, 6.45) is 3.44. The Morgan fingerprint density at radius 3 is 2.72 bits per heavy atom. The van der Waals surface area contributed by atoms with Crippen LogP contribution in [0.3, 0.4) is 0 Å². The Balaban J connectivity index is 2.30. The lowest BCUT2D eigenvalue weighted by Crippen LogP contribution is -2.49. The first-order chi connectivity index (χ1) is 8.73. The van der Waals surface area contributed by atoms with E-state index < -0.39 is 0 Å². The highest BCUT2D eigenvalue weighted by Crippen LogP contribution is 2.40. The zero-order chi connectivity index (χ0) is 13.0. The van der Waals surface area contributed by atoms with E-state index in [9.17, 15) is 0 Å². The molecule has 1 atom stereocenters. The van der Waals surface area contributed by atoms with Crippen LogP contribution >= 0.6 is 15.9 Å². The molecule has 4 nitrogen and oxygen atoms in total. The van der Waals surface area contributed by atoms with Crippen molar-refractivity contribution >= 4 is 15.9 Å². The topological polar surface area (TPSA) is 43.6 Å². The number of nitrogens with one attached hydrogen (secondary N) is 1. The number of furan rings is 1. The van der Waals surface area contributed by atoms with Gasteiger partial charge in [0.05, 0.1) is 22.4 Å². The number of halogens is 1. The predicted molar refractivity (Wildman–Crippen MR) is 72.6 cm³/mol. The molecule has 1 aliphatic rings. The van der Waals surface area contributed by atoms with Gasteiger partial charge < -0.3 is 19.2 Å². The van der Waals surface area contributed by atoms with Crippen LogP contribution in [0, 0.1) is 0 Å². The lowest BCUT2D eigenvalue weighted by molar-refractivity contribution is -0.114. The molecule has 1 aromatic heterocycles. The van der Waals surface area contributed by atoms with Crippen LogP contribution in [-0.4, -0.2) is 32.5 Å². The van der Waals surface area contributed by atoms with E-state index in [-0.39, 0.29) is 11.6 Å². The van der Waals surface area contributed by atoms with Crippen LogP contribution < -0.4 is 5.32 Å². The maximum absolute atomic E-state index is 5.85. The van der Waals surface area contributed by atoms with Crippen LogP contribution in [0.4, 0.5) is 0 Å². The Morgan fingerprint density at radius 2 is 2.22 bits per heavy atom. The highest BCUT2D eigenvalue weighted by Gasteiger charge is 2.43. The van der Waals surface area contributed by atoms with Crippen molar-refractivity contribution in [2.75, 3.05) is 26.9 Å². The van der Waals surface area contributed by atoms with E-state index >= 15 is 0 Å². The van der Waals surface area contributed by atoms with Crippen molar-refractivity contribution < 1.29 is 13.9 Å². The van der Waals surface area contributed by atoms with Gasteiger partial charge in [0.15, 0.2) is 0 Å². The van der Waals surface area contributed by atoms with Gasteiger partial charge in [0.25, 0.3) is 0 Å². The van der Waals surface area contributed by atoms with Crippen molar-refractivity contribution in [1.29, 1.82) is 0 Å². The second kappa shape index (κ2) is 6.19. The van der Waals surface area contributed by atoms with E-state index in [0.717, 1.165) is 42.8 Å². The smallest absolute Gasteiger partial charge is 0.137 e. The Labute approximate surface area is 116 Å². The van der Waals surface area contributed by atoms with Gasteiger partial charge in [-0.3, -0.25) is 0 Å². The summed E-state index contributed by atoms with van der Waals surface area (Å²) in [4.78, 5) is 0. The number of ether oxygens (including phenoxy) is 2. The summed E-state index contributed by atoms with van der Waals surface area (Å²) in [6, 6.07) is 1.96. The van der Waals surface area contributed by atoms with Crippen LogP contribution in [0.15, 0.2) is 21.2 Å². The van der Waals surface area contributed by atoms with E-state index in [1.807, 2.05) is 6.07 Å². The van der Waals surface area contributed by atoms with Gasteiger partial charge in [0.2, 0.25) is 0 Å². The molecule has 1 fully saturated rings. The molecular formula is C13H20BrNO3. The first-order valence-corrected chi connectivity index (χ1v) is 7.12. The maximum atomic E-state index is 5.85. The minimum Gasteiger partial charge on any atom is -0.466 e. The average Bonchev–Trinajstić information content (AvgIpc) is 2.83. The Bertz CT molecular complexity index is 374. The lowest BCUT2D eigenvalue weighted by Gasteiger charge is -2.41. The van der Waals surface area contributed by atoms with Gasteiger partial charge >= 0.3 is 0 Å². The Hall–Kier alpha value is -0.360. The van der Waals surface area contributed by atoms with E-state index in [0.29, 0.717) is 0 Å². The number of methoxy groups -OCH3 is 1. The van der Waals surface area contributed by atoms with Gasteiger partial charge in [0, 0.05) is 33.2 Å². The summed E-state index contributed by atoms with van der Waals surface area (Å²) in [6.45, 7) is 4.42. The number of rotatable bonds is 5. The van der Waals surface area contributed by atoms with Crippen LogP contribution in [0.5, 0.6) is 0 Å². The summed E-state index contributed by atoms with van der Waals surface area (Å²) in [5, 5.41) is 3.48. The lowest BCUT2D eigenvalue weighted by atomic mass is 9.84. The van der Waals surface area contributed by atoms with Crippen LogP contribution in [-0.2, 0) is 9.47 Å². The number of likely N-dealkylation sites (N-methyl/N-ethyl adjacent to an activating group) is 1. The molecule has 0 aromatic carbocycles. The minimum absolute atomic E-state index is 0.0424. The predicted octanol–water partition coefficient (Wildman–Crippen LogP) is 2.89. The fraction of sp³-hybridized carbons (Fsp3) is 0.692. The van der Waals surface area contributed by atoms with E-state index in [1.54, 1.807) is 13.4 Å². The van der Waals surface area contributed by atoms with Crippen LogP contribution in [0.2, 0.25) is 0 Å². The molecule has 2 heterocycles. The molecule has 0 bridgehead atoms. The standard InChI is InChI=1S/C13H20BrNO3/c1-3-15-12(11-10(14)4-7-18-11)13(16-2)5-8-17-9-6-13/h4,7,12,15H,3,5-6,8-9H2,1-2H3. The molecule has 1 N–H and O–H groups in total. The highest BCUT2D eigenvalue weighted by molar-refractivity contribution is 9.10. The van der Waals surface area contributed by atoms with Crippen LogP contribution in [0.25, 0.3) is 0 Å². The molecule has 1 saturated heterocycles. The third kappa shape index (κ3) is 2.64. The third-order valence-electron chi connectivity index (χ3n) is 3.59. The monoisotopic (exact) mass is 317 g/mol. The first kappa shape index (κ1) is 14.1. The third-order valence-corrected chi connectivity index (χ3v) is 4.24. The molecule has 0 aliphatic carbocycles. The van der Waals surface area contributed by atoms with Crippen molar-refractivity contribution in [3.63, 3.8) is 0 Å². The van der Waals surface area contributed by atoms with Crippen molar-refractivity contribution in [2.24, 2.45) is 0 Å². The molecular weight excluding hydrogens is 298 g/mol. The van der Waals surface area contributed by atoms with Crippen LogP contribution in [0.1, 0.15) is 31.6 Å². The molecule has 1 aliphatic heterocycles. The largest absolute Gasteiger partial charge is 0.466 e. The number of hydrogen-bond donors (Lipinski definition) is 1. The van der Waals surface area contributed by atoms with Crippen molar-refractivity contribution in [3.05, 3.63) is 22.6 Å². The molecule has 18 heavy (non-hydrogen) atoms. The molecule has 102 valence electrons. The highest BCUT2D eigenvalue weighted by atomic mass is 79.9. The average molecular weight is 318 g/mol. The summed E-state index contributed by atoms with van der Waals surface area (Å²) in [5.74, 6) is 0.903. The molecule has 0 saturated carbocycles. The fourth-order valence-electron chi connectivity index (χ4n) is 2.56. The van der Waals surface area contributed by atoms with Gasteiger partial charge in [-0.2, -0.15) is 0 Å². The van der Waals surface area contributed by atoms with Crippen molar-refractivity contribution in [3.8, 4) is 0 Å². The summed E-state index contributed by atoms with van der Waals surface area (Å²) >= 11 is 3.54. The van der Waals surface area contributed by atoms with Gasteiger partial charge in [-0.25, -0.2) is 0 Å². The molecule has 1 unspecified atom stereocenters. The second-order valence-electron chi connectivity index (χ2n) is 4.50. The van der Waals surface area contributed by atoms with E-state index in [1.165, 1.54) is 0 Å². The summed E-state index contributed by atoms with van der Waals surface area (Å²) < 4.78 is 17.9. The molecule has 0 radical (unpaired) electrons. The minimum atomic E-state index is -0.255. The zero-order valence-electron chi connectivity index (χ0n) is 10.9. The SMILES string of the molecule is CCNC(c1occc1Br)C1(OC)CCOCC1. The van der Waals surface area contributed by atoms with E-state index in [4.69, 9.17) is 13.9 Å². The normalized spacial score (nSPS) is 20.8. The first-order valence-electron chi connectivity index (χ1n) is 6.32. The maximum Gasteiger partial charge on any atom is 0.137 e. The van der Waals surface area contributed by atoms with Gasteiger partial charge in [-0.05, 0) is 28.5 Å².